The molecule has 1 amide bonds. The Kier molecular flexibility index (Phi) is 5.45. The number of thioether (sulfide) groups is 1. The first-order valence-electron chi connectivity index (χ1n) is 9.17. The summed E-state index contributed by atoms with van der Waals surface area (Å²) in [5.74, 6) is -2.24. The van der Waals surface area contributed by atoms with Gasteiger partial charge in [0.2, 0.25) is 0 Å². The predicted octanol–water partition coefficient (Wildman–Crippen LogP) is 6.08. The SMILES string of the molecule is CC1C=C(c2cccnc2)SC1c1ccc(NC(=O)c2c(F)cccc2F)cc1. The molecule has 0 bridgehead atoms. The molecule has 2 atom stereocenters. The molecule has 0 aliphatic carbocycles. The number of halogens is 2. The van der Waals surface area contributed by atoms with Crippen LogP contribution >= 0.6 is 11.8 Å². The van der Waals surface area contributed by atoms with Crippen LogP contribution in [0, 0.1) is 17.6 Å². The number of aromatic nitrogens is 1. The smallest absolute Gasteiger partial charge is 0.261 e. The highest BCUT2D eigenvalue weighted by molar-refractivity contribution is 8.08. The lowest BCUT2D eigenvalue weighted by Gasteiger charge is -2.16. The lowest BCUT2D eigenvalue weighted by molar-refractivity contribution is 0.101. The summed E-state index contributed by atoms with van der Waals surface area (Å²) in [6.07, 6.45) is 5.85. The fourth-order valence-corrected chi connectivity index (χ4v) is 4.73. The molecule has 4 rings (SSSR count). The molecule has 0 saturated carbocycles. The van der Waals surface area contributed by atoms with Gasteiger partial charge >= 0.3 is 0 Å². The summed E-state index contributed by atoms with van der Waals surface area (Å²) in [6, 6.07) is 14.7. The molecule has 1 aromatic heterocycles. The van der Waals surface area contributed by atoms with Crippen LogP contribution in [0.4, 0.5) is 14.5 Å². The quantitative estimate of drug-likeness (QED) is 0.569. The number of hydrogen-bond donors (Lipinski definition) is 1. The molecule has 29 heavy (non-hydrogen) atoms. The number of hydrogen-bond acceptors (Lipinski definition) is 3. The van der Waals surface area contributed by atoms with E-state index in [1.54, 1.807) is 30.1 Å². The number of pyridine rings is 1. The fourth-order valence-electron chi connectivity index (χ4n) is 3.32. The lowest BCUT2D eigenvalue weighted by Crippen LogP contribution is -2.15. The van der Waals surface area contributed by atoms with E-state index in [1.807, 2.05) is 30.5 Å². The predicted molar refractivity (Wildman–Crippen MR) is 112 cm³/mol. The molecule has 2 heterocycles. The van der Waals surface area contributed by atoms with Gasteiger partial charge in [-0.2, -0.15) is 0 Å². The molecule has 3 nitrogen and oxygen atoms in total. The number of allylic oxidation sites excluding steroid dienone is 1. The summed E-state index contributed by atoms with van der Waals surface area (Å²) >= 11 is 1.78. The van der Waals surface area contributed by atoms with E-state index in [4.69, 9.17) is 0 Å². The van der Waals surface area contributed by atoms with Crippen LogP contribution in [0.2, 0.25) is 0 Å². The highest BCUT2D eigenvalue weighted by Crippen LogP contribution is 2.51. The number of rotatable bonds is 4. The average Bonchev–Trinajstić information content (AvgIpc) is 3.11. The number of anilines is 1. The summed E-state index contributed by atoms with van der Waals surface area (Å²) in [5, 5.41) is 2.81. The number of nitrogens with zero attached hydrogens (tertiary/aromatic N) is 1. The van der Waals surface area contributed by atoms with Crippen LogP contribution in [-0.2, 0) is 0 Å². The zero-order chi connectivity index (χ0) is 20.4. The van der Waals surface area contributed by atoms with Crippen molar-refractivity contribution in [1.29, 1.82) is 0 Å². The van der Waals surface area contributed by atoms with Crippen LogP contribution in [0.15, 0.2) is 73.1 Å². The number of nitrogens with one attached hydrogen (secondary N) is 1. The minimum absolute atomic E-state index is 0.249. The molecule has 2 unspecified atom stereocenters. The average molecular weight is 408 g/mol. The number of benzene rings is 2. The third kappa shape index (κ3) is 4.07. The van der Waals surface area contributed by atoms with Gasteiger partial charge in [0.05, 0.1) is 0 Å². The maximum atomic E-state index is 13.8. The minimum atomic E-state index is -0.885. The molecule has 2 aromatic carbocycles. The van der Waals surface area contributed by atoms with Gasteiger partial charge in [-0.1, -0.05) is 37.3 Å². The zero-order valence-corrected chi connectivity index (χ0v) is 16.4. The Hall–Kier alpha value is -2.99. The molecule has 146 valence electrons. The van der Waals surface area contributed by atoms with Crippen molar-refractivity contribution in [2.75, 3.05) is 5.32 Å². The molecule has 1 aliphatic heterocycles. The molecule has 0 spiro atoms. The Morgan fingerprint density at radius 1 is 1.03 bits per heavy atom. The first-order chi connectivity index (χ1) is 14.0. The number of carbonyl (C=O) groups excluding carboxylic acids is 1. The third-order valence-electron chi connectivity index (χ3n) is 4.78. The molecule has 1 N–H and O–H groups in total. The largest absolute Gasteiger partial charge is 0.322 e. The second kappa shape index (κ2) is 8.17. The van der Waals surface area contributed by atoms with E-state index in [9.17, 15) is 13.6 Å². The third-order valence-corrected chi connectivity index (χ3v) is 6.36. The second-order valence-corrected chi connectivity index (χ2v) is 8.03. The van der Waals surface area contributed by atoms with Gasteiger partial charge in [0.1, 0.15) is 17.2 Å². The first kappa shape index (κ1) is 19.3. The van der Waals surface area contributed by atoms with Crippen molar-refractivity contribution in [3.05, 3.63) is 101 Å². The van der Waals surface area contributed by atoms with E-state index in [0.717, 1.165) is 23.3 Å². The zero-order valence-electron chi connectivity index (χ0n) is 15.6. The number of amides is 1. The van der Waals surface area contributed by atoms with E-state index >= 15 is 0 Å². The van der Waals surface area contributed by atoms with Crippen LogP contribution < -0.4 is 5.32 Å². The van der Waals surface area contributed by atoms with Gasteiger partial charge in [-0.15, -0.1) is 11.8 Å². The van der Waals surface area contributed by atoms with Gasteiger partial charge in [-0.25, -0.2) is 8.78 Å². The monoisotopic (exact) mass is 408 g/mol. The molecule has 0 saturated heterocycles. The molecular weight excluding hydrogens is 390 g/mol. The van der Waals surface area contributed by atoms with Crippen molar-refractivity contribution in [3.8, 4) is 0 Å². The standard InChI is InChI=1S/C23H18F2N2OS/c1-14-12-20(16-4-3-11-26-13-16)29-22(14)15-7-9-17(10-8-15)27-23(28)21-18(24)5-2-6-19(21)25/h2-14,22H,1H3,(H,27,28). The van der Waals surface area contributed by atoms with Crippen LogP contribution in [0.5, 0.6) is 0 Å². The lowest BCUT2D eigenvalue weighted by atomic mass is 9.99. The summed E-state index contributed by atoms with van der Waals surface area (Å²) < 4.78 is 27.6. The van der Waals surface area contributed by atoms with Crippen molar-refractivity contribution < 1.29 is 13.6 Å². The van der Waals surface area contributed by atoms with Crippen molar-refractivity contribution in [2.45, 2.75) is 12.2 Å². The van der Waals surface area contributed by atoms with Crippen molar-refractivity contribution in [2.24, 2.45) is 5.92 Å². The van der Waals surface area contributed by atoms with Crippen molar-refractivity contribution in [1.82, 2.24) is 4.98 Å². The van der Waals surface area contributed by atoms with Gasteiger partial charge < -0.3 is 5.32 Å². The fraction of sp³-hybridized carbons (Fsp3) is 0.130. The van der Waals surface area contributed by atoms with Crippen molar-refractivity contribution >= 4 is 28.3 Å². The van der Waals surface area contributed by atoms with Gasteiger partial charge in [0, 0.05) is 33.8 Å². The summed E-state index contributed by atoms with van der Waals surface area (Å²) in [7, 11) is 0. The summed E-state index contributed by atoms with van der Waals surface area (Å²) in [5.41, 5.74) is 2.12. The number of carbonyl (C=O) groups is 1. The Morgan fingerprint density at radius 2 is 1.76 bits per heavy atom. The molecule has 1 aliphatic rings. The Labute approximate surface area is 171 Å². The first-order valence-corrected chi connectivity index (χ1v) is 10.0. The van der Waals surface area contributed by atoms with E-state index in [0.29, 0.717) is 11.6 Å². The van der Waals surface area contributed by atoms with Gasteiger partial charge in [0.15, 0.2) is 0 Å². The van der Waals surface area contributed by atoms with Crippen molar-refractivity contribution in [3.63, 3.8) is 0 Å². The summed E-state index contributed by atoms with van der Waals surface area (Å²) in [4.78, 5) is 17.6. The Balaban J connectivity index is 1.47. The second-order valence-electron chi connectivity index (χ2n) is 6.84. The van der Waals surface area contributed by atoms with E-state index < -0.39 is 23.1 Å². The summed E-state index contributed by atoms with van der Waals surface area (Å²) in [6.45, 7) is 2.16. The van der Waals surface area contributed by atoms with Gasteiger partial charge in [-0.05, 0) is 41.8 Å². The van der Waals surface area contributed by atoms with Crippen LogP contribution in [0.25, 0.3) is 4.91 Å². The van der Waals surface area contributed by atoms with Crippen LogP contribution in [0.1, 0.15) is 33.7 Å². The van der Waals surface area contributed by atoms with E-state index in [1.165, 1.54) is 11.0 Å². The molecule has 0 radical (unpaired) electrons. The maximum absolute atomic E-state index is 13.8. The highest BCUT2D eigenvalue weighted by Gasteiger charge is 2.27. The van der Waals surface area contributed by atoms with Crippen LogP contribution in [-0.4, -0.2) is 10.9 Å². The minimum Gasteiger partial charge on any atom is -0.322 e. The van der Waals surface area contributed by atoms with Gasteiger partial charge in [-0.3, -0.25) is 9.78 Å². The normalized spacial score (nSPS) is 18.4. The highest BCUT2D eigenvalue weighted by atomic mass is 32.2. The Bertz CT molecular complexity index is 1050. The van der Waals surface area contributed by atoms with Crippen LogP contribution in [0.3, 0.4) is 0 Å². The van der Waals surface area contributed by atoms with E-state index in [-0.39, 0.29) is 5.25 Å². The van der Waals surface area contributed by atoms with E-state index in [2.05, 4.69) is 23.3 Å². The Morgan fingerprint density at radius 3 is 2.41 bits per heavy atom. The topological polar surface area (TPSA) is 42.0 Å². The molecule has 3 aromatic rings. The molecule has 6 heteroatoms. The molecule has 0 fully saturated rings. The molecular formula is C23H18F2N2OS. The van der Waals surface area contributed by atoms with Gasteiger partial charge in [0.25, 0.3) is 5.91 Å². The maximum Gasteiger partial charge on any atom is 0.261 e.